The lowest BCUT2D eigenvalue weighted by molar-refractivity contribution is 0.299. The van der Waals surface area contributed by atoms with E-state index in [0.29, 0.717) is 6.61 Å². The fraction of sp³-hybridized carbons (Fsp3) is 0.357. The van der Waals surface area contributed by atoms with Crippen molar-refractivity contribution in [1.29, 1.82) is 0 Å². The van der Waals surface area contributed by atoms with Gasteiger partial charge in [0.15, 0.2) is 0 Å². The normalized spacial score (nSPS) is 10.6. The summed E-state index contributed by atoms with van der Waals surface area (Å²) in [6, 6.07) is 6.25. The largest absolute Gasteiger partial charge is 0.486 e. The second-order valence-electron chi connectivity index (χ2n) is 4.06. The molecule has 2 aromatic rings. The molecule has 0 aliphatic rings. The summed E-state index contributed by atoms with van der Waals surface area (Å²) < 4.78 is 5.92. The Labute approximate surface area is 112 Å². The minimum Gasteiger partial charge on any atom is -0.486 e. The molecular formula is C14H18N2OS. The molecule has 1 N–H and O–H groups in total. The fourth-order valence-electron chi connectivity index (χ4n) is 1.78. The van der Waals surface area contributed by atoms with Crippen LogP contribution in [0.2, 0.25) is 0 Å². The molecule has 96 valence electrons. The molecule has 0 saturated carbocycles. The van der Waals surface area contributed by atoms with E-state index in [1.165, 1.54) is 11.1 Å². The van der Waals surface area contributed by atoms with Gasteiger partial charge in [-0.25, -0.2) is 4.98 Å². The van der Waals surface area contributed by atoms with Gasteiger partial charge < -0.3 is 10.1 Å². The van der Waals surface area contributed by atoms with Crippen LogP contribution in [-0.4, -0.2) is 11.5 Å². The van der Waals surface area contributed by atoms with Gasteiger partial charge in [-0.05, 0) is 19.0 Å². The number of para-hydroxylation sites is 1. The fourth-order valence-corrected chi connectivity index (χ4v) is 2.30. The molecule has 0 atom stereocenters. The summed E-state index contributed by atoms with van der Waals surface area (Å²) in [6.45, 7) is 6.52. The van der Waals surface area contributed by atoms with Gasteiger partial charge in [-0.15, -0.1) is 11.3 Å². The van der Waals surface area contributed by atoms with E-state index in [-0.39, 0.29) is 0 Å². The van der Waals surface area contributed by atoms with Gasteiger partial charge in [0.2, 0.25) is 0 Å². The molecule has 1 aromatic heterocycles. The van der Waals surface area contributed by atoms with Crippen molar-refractivity contribution in [2.45, 2.75) is 27.0 Å². The molecule has 0 aliphatic heterocycles. The van der Waals surface area contributed by atoms with Gasteiger partial charge in [0, 0.05) is 23.7 Å². The van der Waals surface area contributed by atoms with Gasteiger partial charge in [-0.1, -0.05) is 25.1 Å². The first-order valence-electron chi connectivity index (χ1n) is 6.11. The quantitative estimate of drug-likeness (QED) is 0.868. The number of benzene rings is 1. The highest BCUT2D eigenvalue weighted by Crippen LogP contribution is 2.24. The van der Waals surface area contributed by atoms with E-state index in [2.05, 4.69) is 42.3 Å². The molecule has 2 rings (SSSR count). The van der Waals surface area contributed by atoms with Crippen LogP contribution in [0.1, 0.15) is 23.1 Å². The summed E-state index contributed by atoms with van der Waals surface area (Å²) in [5, 5.41) is 6.31. The third-order valence-corrected chi connectivity index (χ3v) is 3.44. The van der Waals surface area contributed by atoms with Crippen molar-refractivity contribution in [1.82, 2.24) is 10.3 Å². The summed E-state index contributed by atoms with van der Waals surface area (Å²) in [4.78, 5) is 4.23. The van der Waals surface area contributed by atoms with Gasteiger partial charge in [0.05, 0.1) is 0 Å². The molecule has 0 radical (unpaired) electrons. The lowest BCUT2D eigenvalue weighted by atomic mass is 10.1. The lowest BCUT2D eigenvalue weighted by Gasteiger charge is -2.13. The Morgan fingerprint density at radius 3 is 3.00 bits per heavy atom. The van der Waals surface area contributed by atoms with Crippen LogP contribution in [0.5, 0.6) is 5.75 Å². The molecule has 1 aromatic carbocycles. The highest BCUT2D eigenvalue weighted by atomic mass is 32.1. The average molecular weight is 262 g/mol. The summed E-state index contributed by atoms with van der Waals surface area (Å²) in [7, 11) is 0. The zero-order valence-electron chi connectivity index (χ0n) is 10.8. The number of aryl methyl sites for hydroxylation is 1. The summed E-state index contributed by atoms with van der Waals surface area (Å²) >= 11 is 1.62. The number of ether oxygens (including phenoxy) is 1. The molecule has 0 spiro atoms. The van der Waals surface area contributed by atoms with Crippen molar-refractivity contribution >= 4 is 11.3 Å². The summed E-state index contributed by atoms with van der Waals surface area (Å²) in [6.07, 6.45) is 1.81. The molecule has 18 heavy (non-hydrogen) atoms. The van der Waals surface area contributed by atoms with Gasteiger partial charge in [-0.2, -0.15) is 0 Å². The molecule has 4 heteroatoms. The van der Waals surface area contributed by atoms with Crippen LogP contribution >= 0.6 is 11.3 Å². The van der Waals surface area contributed by atoms with Crippen LogP contribution in [0, 0.1) is 6.92 Å². The predicted octanol–water partition coefficient (Wildman–Crippen LogP) is 3.14. The average Bonchev–Trinajstić information content (AvgIpc) is 2.88. The Morgan fingerprint density at radius 1 is 1.39 bits per heavy atom. The molecule has 0 amide bonds. The van der Waals surface area contributed by atoms with Crippen LogP contribution in [0.15, 0.2) is 29.8 Å². The number of hydrogen-bond acceptors (Lipinski definition) is 4. The van der Waals surface area contributed by atoms with Crippen molar-refractivity contribution < 1.29 is 4.74 Å². The Hall–Kier alpha value is -1.39. The number of hydrogen-bond donors (Lipinski definition) is 1. The maximum Gasteiger partial charge on any atom is 0.140 e. The molecule has 0 saturated heterocycles. The highest BCUT2D eigenvalue weighted by molar-refractivity contribution is 7.09. The standard InChI is InChI=1S/C14H18N2OS/c1-3-15-9-12-6-4-5-11(2)14(12)17-10-13-16-7-8-18-13/h4-8,15H,3,9-10H2,1-2H3. The minimum atomic E-state index is 0.543. The van der Waals surface area contributed by atoms with Crippen molar-refractivity contribution in [3.05, 3.63) is 45.9 Å². The number of aromatic nitrogens is 1. The summed E-state index contributed by atoms with van der Waals surface area (Å²) in [5.41, 5.74) is 2.37. The first-order valence-corrected chi connectivity index (χ1v) is 6.99. The zero-order valence-corrected chi connectivity index (χ0v) is 11.6. The minimum absolute atomic E-state index is 0.543. The van der Waals surface area contributed by atoms with Crippen molar-refractivity contribution in [3.63, 3.8) is 0 Å². The zero-order chi connectivity index (χ0) is 12.8. The topological polar surface area (TPSA) is 34.1 Å². The summed E-state index contributed by atoms with van der Waals surface area (Å²) in [5.74, 6) is 0.980. The highest BCUT2D eigenvalue weighted by Gasteiger charge is 2.07. The van der Waals surface area contributed by atoms with Crippen molar-refractivity contribution in [2.24, 2.45) is 0 Å². The van der Waals surface area contributed by atoms with Crippen LogP contribution in [0.4, 0.5) is 0 Å². The molecule has 0 fully saturated rings. The van der Waals surface area contributed by atoms with E-state index >= 15 is 0 Å². The molecule has 3 nitrogen and oxygen atoms in total. The van der Waals surface area contributed by atoms with E-state index < -0.39 is 0 Å². The van der Waals surface area contributed by atoms with Crippen molar-refractivity contribution in [3.8, 4) is 5.75 Å². The second-order valence-corrected chi connectivity index (χ2v) is 5.04. The van der Waals surface area contributed by atoms with E-state index in [9.17, 15) is 0 Å². The molecule has 0 bridgehead atoms. The van der Waals surface area contributed by atoms with Crippen LogP contribution < -0.4 is 10.1 Å². The van der Waals surface area contributed by atoms with Gasteiger partial charge in [0.25, 0.3) is 0 Å². The third kappa shape index (κ3) is 3.31. The Morgan fingerprint density at radius 2 is 2.28 bits per heavy atom. The maximum atomic E-state index is 5.92. The van der Waals surface area contributed by atoms with E-state index in [4.69, 9.17) is 4.74 Å². The molecule has 0 unspecified atom stereocenters. The number of thiazole rings is 1. The SMILES string of the molecule is CCNCc1cccc(C)c1OCc1nccs1. The molecular weight excluding hydrogens is 244 g/mol. The Kier molecular flexibility index (Phi) is 4.73. The first-order chi connectivity index (χ1) is 8.81. The molecule has 1 heterocycles. The first kappa shape index (κ1) is 13.1. The number of rotatable bonds is 6. The monoisotopic (exact) mass is 262 g/mol. The van der Waals surface area contributed by atoms with E-state index in [1.54, 1.807) is 17.5 Å². The Bertz CT molecular complexity index is 483. The van der Waals surface area contributed by atoms with E-state index in [0.717, 1.165) is 23.8 Å². The molecule has 0 aliphatic carbocycles. The number of nitrogens with zero attached hydrogens (tertiary/aromatic N) is 1. The van der Waals surface area contributed by atoms with Gasteiger partial charge in [-0.3, -0.25) is 0 Å². The predicted molar refractivity (Wildman–Crippen MR) is 75.0 cm³/mol. The Balaban J connectivity index is 2.09. The maximum absolute atomic E-state index is 5.92. The van der Waals surface area contributed by atoms with Crippen molar-refractivity contribution in [2.75, 3.05) is 6.54 Å². The second kappa shape index (κ2) is 6.52. The van der Waals surface area contributed by atoms with Crippen LogP contribution in [-0.2, 0) is 13.2 Å². The third-order valence-electron chi connectivity index (χ3n) is 2.68. The van der Waals surface area contributed by atoms with Gasteiger partial charge in [0.1, 0.15) is 17.4 Å². The smallest absolute Gasteiger partial charge is 0.140 e. The van der Waals surface area contributed by atoms with E-state index in [1.807, 2.05) is 5.38 Å². The lowest BCUT2D eigenvalue weighted by Crippen LogP contribution is -2.13. The van der Waals surface area contributed by atoms with Crippen LogP contribution in [0.3, 0.4) is 0 Å². The van der Waals surface area contributed by atoms with Gasteiger partial charge >= 0.3 is 0 Å². The number of nitrogens with one attached hydrogen (secondary N) is 1. The van der Waals surface area contributed by atoms with Crippen LogP contribution in [0.25, 0.3) is 0 Å².